The van der Waals surface area contributed by atoms with Gasteiger partial charge in [0.1, 0.15) is 11.6 Å². The second-order valence-corrected chi connectivity index (χ2v) is 5.89. The maximum Gasteiger partial charge on any atom is 0.191 e. The Morgan fingerprint density at radius 2 is 2.00 bits per heavy atom. The van der Waals surface area contributed by atoms with Gasteiger partial charge in [0, 0.05) is 30.6 Å². The standard InChI is InChI=1S/C16H21FN4OS.HI/c1-10-14(11(2)22-21-10)9-20-16(18-3)19-8-12-7-13(17)5-6-15(12)23-4;/h5-7H,8-9H2,1-4H3,(H2,18,19,20);1H. The Labute approximate surface area is 162 Å². The van der Waals surface area contributed by atoms with Crippen LogP contribution in [0.1, 0.15) is 22.6 Å². The Bertz CT molecular complexity index is 686. The first-order valence-electron chi connectivity index (χ1n) is 7.23. The molecule has 1 heterocycles. The zero-order valence-electron chi connectivity index (χ0n) is 14.1. The lowest BCUT2D eigenvalue weighted by molar-refractivity contribution is 0.392. The Morgan fingerprint density at radius 1 is 1.29 bits per heavy atom. The number of halogens is 2. The van der Waals surface area contributed by atoms with Crippen molar-refractivity contribution in [1.82, 2.24) is 15.8 Å². The molecule has 0 amide bonds. The summed E-state index contributed by atoms with van der Waals surface area (Å²) in [5.74, 6) is 1.19. The minimum absolute atomic E-state index is 0. The van der Waals surface area contributed by atoms with E-state index in [-0.39, 0.29) is 29.8 Å². The number of benzene rings is 1. The number of rotatable bonds is 5. The van der Waals surface area contributed by atoms with Crippen molar-refractivity contribution in [3.05, 3.63) is 46.6 Å². The maximum atomic E-state index is 13.4. The summed E-state index contributed by atoms with van der Waals surface area (Å²) in [6.07, 6.45) is 1.97. The van der Waals surface area contributed by atoms with Gasteiger partial charge in [0.05, 0.1) is 5.69 Å². The molecule has 0 fully saturated rings. The number of aryl methyl sites for hydroxylation is 2. The van der Waals surface area contributed by atoms with Crippen molar-refractivity contribution in [3.63, 3.8) is 0 Å². The van der Waals surface area contributed by atoms with Crippen LogP contribution in [-0.2, 0) is 13.1 Å². The van der Waals surface area contributed by atoms with Gasteiger partial charge in [-0.1, -0.05) is 5.16 Å². The number of hydrogen-bond acceptors (Lipinski definition) is 4. The minimum Gasteiger partial charge on any atom is -0.361 e. The number of thioether (sulfide) groups is 1. The van der Waals surface area contributed by atoms with E-state index >= 15 is 0 Å². The van der Waals surface area contributed by atoms with Gasteiger partial charge in [-0.15, -0.1) is 35.7 Å². The Morgan fingerprint density at radius 3 is 2.58 bits per heavy atom. The molecule has 0 saturated carbocycles. The van der Waals surface area contributed by atoms with E-state index in [4.69, 9.17) is 4.52 Å². The van der Waals surface area contributed by atoms with Crippen LogP contribution in [0.2, 0.25) is 0 Å². The number of nitrogens with one attached hydrogen (secondary N) is 2. The Hall–Kier alpha value is -1.29. The van der Waals surface area contributed by atoms with Gasteiger partial charge in [-0.3, -0.25) is 4.99 Å². The molecule has 0 bridgehead atoms. The molecule has 1 aromatic carbocycles. The van der Waals surface area contributed by atoms with E-state index in [2.05, 4.69) is 20.8 Å². The maximum absolute atomic E-state index is 13.4. The number of aliphatic imine (C=N–C) groups is 1. The van der Waals surface area contributed by atoms with Gasteiger partial charge in [-0.2, -0.15) is 0 Å². The monoisotopic (exact) mass is 464 g/mol. The first-order chi connectivity index (χ1) is 11.0. The highest BCUT2D eigenvalue weighted by atomic mass is 127. The van der Waals surface area contributed by atoms with Gasteiger partial charge < -0.3 is 15.2 Å². The summed E-state index contributed by atoms with van der Waals surface area (Å²) in [7, 11) is 1.70. The lowest BCUT2D eigenvalue weighted by atomic mass is 10.2. The third kappa shape index (κ3) is 5.37. The van der Waals surface area contributed by atoms with Crippen molar-refractivity contribution >= 4 is 41.7 Å². The van der Waals surface area contributed by atoms with Crippen molar-refractivity contribution in [2.24, 2.45) is 4.99 Å². The minimum atomic E-state index is -0.238. The molecule has 0 aliphatic rings. The summed E-state index contributed by atoms with van der Waals surface area (Å²) in [5.41, 5.74) is 2.78. The fourth-order valence-corrected chi connectivity index (χ4v) is 2.81. The largest absolute Gasteiger partial charge is 0.361 e. The van der Waals surface area contributed by atoms with E-state index in [1.807, 2.05) is 20.1 Å². The van der Waals surface area contributed by atoms with Crippen LogP contribution in [0.4, 0.5) is 4.39 Å². The number of hydrogen-bond donors (Lipinski definition) is 2. The molecule has 5 nitrogen and oxygen atoms in total. The normalized spacial score (nSPS) is 11.1. The van der Waals surface area contributed by atoms with E-state index in [1.165, 1.54) is 6.07 Å². The zero-order chi connectivity index (χ0) is 16.8. The molecule has 0 aliphatic heterocycles. The molecule has 2 aromatic rings. The third-order valence-electron chi connectivity index (χ3n) is 3.53. The predicted molar refractivity (Wildman–Crippen MR) is 107 cm³/mol. The van der Waals surface area contributed by atoms with Crippen LogP contribution < -0.4 is 10.6 Å². The quantitative estimate of drug-likeness (QED) is 0.306. The fourth-order valence-electron chi connectivity index (χ4n) is 2.21. The number of nitrogens with zero attached hydrogens (tertiary/aromatic N) is 2. The van der Waals surface area contributed by atoms with Gasteiger partial charge in [0.2, 0.25) is 0 Å². The zero-order valence-corrected chi connectivity index (χ0v) is 17.3. The predicted octanol–water partition coefficient (Wildman–Crippen LogP) is 3.64. The van der Waals surface area contributed by atoms with E-state index in [1.54, 1.807) is 30.9 Å². The van der Waals surface area contributed by atoms with Crippen molar-refractivity contribution in [1.29, 1.82) is 0 Å². The van der Waals surface area contributed by atoms with Gasteiger partial charge in [0.25, 0.3) is 0 Å². The summed E-state index contributed by atoms with van der Waals surface area (Å²) < 4.78 is 18.6. The first kappa shape index (κ1) is 20.8. The molecule has 1 aromatic heterocycles. The van der Waals surface area contributed by atoms with E-state index in [0.29, 0.717) is 19.0 Å². The lowest BCUT2D eigenvalue weighted by Crippen LogP contribution is -2.36. The summed E-state index contributed by atoms with van der Waals surface area (Å²) in [6, 6.07) is 4.80. The van der Waals surface area contributed by atoms with Gasteiger partial charge in [-0.05, 0) is 43.9 Å². The lowest BCUT2D eigenvalue weighted by Gasteiger charge is -2.13. The topological polar surface area (TPSA) is 62.5 Å². The molecule has 2 rings (SSSR count). The highest BCUT2D eigenvalue weighted by Gasteiger charge is 2.10. The van der Waals surface area contributed by atoms with Crippen LogP contribution in [0.3, 0.4) is 0 Å². The van der Waals surface area contributed by atoms with Crippen molar-refractivity contribution in [2.45, 2.75) is 31.8 Å². The molecule has 0 aliphatic carbocycles. The average Bonchev–Trinajstić information content (AvgIpc) is 2.86. The van der Waals surface area contributed by atoms with Crippen LogP contribution in [-0.4, -0.2) is 24.4 Å². The second kappa shape index (κ2) is 9.87. The van der Waals surface area contributed by atoms with Crippen molar-refractivity contribution < 1.29 is 8.91 Å². The molecular formula is C16H22FIN4OS. The van der Waals surface area contributed by atoms with E-state index in [9.17, 15) is 4.39 Å². The average molecular weight is 464 g/mol. The van der Waals surface area contributed by atoms with Crippen LogP contribution in [0, 0.1) is 19.7 Å². The Balaban J connectivity index is 0.00000288. The van der Waals surface area contributed by atoms with E-state index in [0.717, 1.165) is 27.5 Å². The molecule has 0 spiro atoms. The summed E-state index contributed by atoms with van der Waals surface area (Å²) in [5, 5.41) is 10.3. The molecule has 0 radical (unpaired) electrons. The Kier molecular flexibility index (Phi) is 8.54. The summed E-state index contributed by atoms with van der Waals surface area (Å²) in [4.78, 5) is 5.22. The van der Waals surface area contributed by atoms with Crippen LogP contribution in [0.5, 0.6) is 0 Å². The summed E-state index contributed by atoms with van der Waals surface area (Å²) >= 11 is 1.59. The highest BCUT2D eigenvalue weighted by molar-refractivity contribution is 14.0. The molecule has 2 N–H and O–H groups in total. The number of guanidine groups is 1. The highest BCUT2D eigenvalue weighted by Crippen LogP contribution is 2.21. The molecule has 0 atom stereocenters. The fraction of sp³-hybridized carbons (Fsp3) is 0.375. The molecular weight excluding hydrogens is 442 g/mol. The third-order valence-corrected chi connectivity index (χ3v) is 4.36. The first-order valence-corrected chi connectivity index (χ1v) is 8.46. The second-order valence-electron chi connectivity index (χ2n) is 5.04. The molecule has 132 valence electrons. The number of aromatic nitrogens is 1. The molecule has 24 heavy (non-hydrogen) atoms. The summed E-state index contributed by atoms with van der Waals surface area (Å²) in [6.45, 7) is 4.85. The molecule has 8 heteroatoms. The van der Waals surface area contributed by atoms with Crippen LogP contribution in [0.25, 0.3) is 0 Å². The SMILES string of the molecule is CN=C(NCc1cc(F)ccc1SC)NCc1c(C)noc1C.I. The van der Waals surface area contributed by atoms with E-state index < -0.39 is 0 Å². The molecule has 0 unspecified atom stereocenters. The smallest absolute Gasteiger partial charge is 0.191 e. The van der Waals surface area contributed by atoms with Crippen LogP contribution in [0.15, 0.2) is 32.6 Å². The van der Waals surface area contributed by atoms with Crippen molar-refractivity contribution in [2.75, 3.05) is 13.3 Å². The van der Waals surface area contributed by atoms with Crippen LogP contribution >= 0.6 is 35.7 Å². The van der Waals surface area contributed by atoms with Gasteiger partial charge in [0.15, 0.2) is 5.96 Å². The van der Waals surface area contributed by atoms with Gasteiger partial charge >= 0.3 is 0 Å². The molecule has 0 saturated heterocycles. The van der Waals surface area contributed by atoms with Crippen molar-refractivity contribution in [3.8, 4) is 0 Å². The van der Waals surface area contributed by atoms with Gasteiger partial charge in [-0.25, -0.2) is 4.39 Å².